The van der Waals surface area contributed by atoms with E-state index in [1.165, 1.54) is 0 Å². The molecular weight excluding hydrogens is 362 g/mol. The van der Waals surface area contributed by atoms with E-state index in [2.05, 4.69) is 20.7 Å². The van der Waals surface area contributed by atoms with Crippen LogP contribution in [-0.2, 0) is 20.8 Å². The van der Waals surface area contributed by atoms with Crippen molar-refractivity contribution in [3.05, 3.63) is 18.0 Å². The number of nitrogens with zero attached hydrogens (tertiary/aromatic N) is 3. The van der Waals surface area contributed by atoms with Gasteiger partial charge in [0, 0.05) is 38.5 Å². The molecular formula is C19H27N5O4. The predicted octanol–water partition coefficient (Wildman–Crippen LogP) is 1.73. The molecule has 1 fully saturated rings. The van der Waals surface area contributed by atoms with Gasteiger partial charge in [0.05, 0.1) is 35.9 Å². The highest BCUT2D eigenvalue weighted by molar-refractivity contribution is 6.06. The van der Waals surface area contributed by atoms with Gasteiger partial charge in [0.2, 0.25) is 0 Å². The maximum Gasteiger partial charge on any atom is 0.307 e. The molecule has 0 atom stereocenters. The van der Waals surface area contributed by atoms with Gasteiger partial charge in [-0.25, -0.2) is 9.67 Å². The largest absolute Gasteiger partial charge is 0.466 e. The average molecular weight is 389 g/mol. The number of hydrogen-bond donors (Lipinski definition) is 2. The molecule has 0 aliphatic carbocycles. The molecule has 0 bridgehead atoms. The van der Waals surface area contributed by atoms with Gasteiger partial charge in [0.25, 0.3) is 5.91 Å². The normalized spacial score (nSPS) is 14.8. The number of nitrogens with one attached hydrogen (secondary N) is 2. The summed E-state index contributed by atoms with van der Waals surface area (Å²) in [5.74, 6) is -0.612. The van der Waals surface area contributed by atoms with E-state index in [0.717, 1.165) is 29.6 Å². The Balaban J connectivity index is 1.82. The second kappa shape index (κ2) is 9.50. The average Bonchev–Trinajstić information content (AvgIpc) is 3.13. The number of esters is 1. The number of pyridine rings is 1. The van der Waals surface area contributed by atoms with Crippen LogP contribution in [-0.4, -0.2) is 59.0 Å². The highest BCUT2D eigenvalue weighted by Crippen LogP contribution is 2.28. The van der Waals surface area contributed by atoms with Crippen molar-refractivity contribution in [2.75, 3.05) is 31.7 Å². The number of anilines is 1. The molecule has 9 nitrogen and oxygen atoms in total. The fourth-order valence-corrected chi connectivity index (χ4v) is 3.24. The Labute approximate surface area is 163 Å². The minimum atomic E-state index is -0.332. The van der Waals surface area contributed by atoms with Crippen LogP contribution in [0.5, 0.6) is 0 Å². The quantitative estimate of drug-likeness (QED) is 0.662. The van der Waals surface area contributed by atoms with E-state index in [9.17, 15) is 9.59 Å². The molecule has 2 aromatic heterocycles. The first-order valence-electron chi connectivity index (χ1n) is 9.76. The molecule has 1 aliphatic rings. The summed E-state index contributed by atoms with van der Waals surface area (Å²) >= 11 is 0. The topological polar surface area (TPSA) is 107 Å². The number of aryl methyl sites for hydroxylation is 1. The summed E-state index contributed by atoms with van der Waals surface area (Å²) in [5.41, 5.74) is 1.91. The number of rotatable bonds is 8. The van der Waals surface area contributed by atoms with Crippen molar-refractivity contribution in [1.29, 1.82) is 0 Å². The number of ether oxygens (including phenoxy) is 2. The van der Waals surface area contributed by atoms with Gasteiger partial charge in [-0.2, -0.15) is 5.10 Å². The minimum absolute atomic E-state index is 0.131. The van der Waals surface area contributed by atoms with E-state index in [-0.39, 0.29) is 30.9 Å². The van der Waals surface area contributed by atoms with Crippen LogP contribution in [0.3, 0.4) is 0 Å². The van der Waals surface area contributed by atoms with Gasteiger partial charge < -0.3 is 20.1 Å². The van der Waals surface area contributed by atoms with Crippen LogP contribution in [0.4, 0.5) is 5.69 Å². The molecule has 3 rings (SSSR count). The highest BCUT2D eigenvalue weighted by Gasteiger charge is 2.22. The molecule has 0 unspecified atom stereocenters. The van der Waals surface area contributed by atoms with Crippen molar-refractivity contribution in [1.82, 2.24) is 20.1 Å². The zero-order chi connectivity index (χ0) is 19.9. The fourth-order valence-electron chi connectivity index (χ4n) is 3.24. The zero-order valence-electron chi connectivity index (χ0n) is 16.4. The van der Waals surface area contributed by atoms with Gasteiger partial charge in [-0.3, -0.25) is 9.59 Å². The summed E-state index contributed by atoms with van der Waals surface area (Å²) in [6.07, 6.45) is 5.18. The second-order valence-corrected chi connectivity index (χ2v) is 6.59. The molecule has 9 heteroatoms. The Bertz CT molecular complexity index is 829. The number of hydrogen-bond acceptors (Lipinski definition) is 7. The first kappa shape index (κ1) is 20.1. The number of amides is 1. The summed E-state index contributed by atoms with van der Waals surface area (Å²) in [6.45, 7) is 6.37. The third-order valence-corrected chi connectivity index (χ3v) is 4.70. The van der Waals surface area contributed by atoms with Crippen LogP contribution in [0, 0.1) is 0 Å². The third-order valence-electron chi connectivity index (χ3n) is 4.70. The Morgan fingerprint density at radius 2 is 2.07 bits per heavy atom. The van der Waals surface area contributed by atoms with Crippen LogP contribution in [0.1, 0.15) is 43.5 Å². The fraction of sp³-hybridized carbons (Fsp3) is 0.579. The monoisotopic (exact) mass is 389 g/mol. The van der Waals surface area contributed by atoms with E-state index >= 15 is 0 Å². The number of carbonyl (C=O) groups excluding carboxylic acids is 2. The van der Waals surface area contributed by atoms with Gasteiger partial charge in [-0.15, -0.1) is 0 Å². The lowest BCUT2D eigenvalue weighted by molar-refractivity contribution is -0.142. The lowest BCUT2D eigenvalue weighted by atomic mass is 10.1. The zero-order valence-corrected chi connectivity index (χ0v) is 16.4. The molecule has 1 saturated heterocycles. The number of fused-ring (bicyclic) bond motifs is 1. The van der Waals surface area contributed by atoms with E-state index in [4.69, 9.17) is 9.47 Å². The second-order valence-electron chi connectivity index (χ2n) is 6.59. The molecule has 2 aromatic rings. The number of carbonyl (C=O) groups is 2. The van der Waals surface area contributed by atoms with Crippen molar-refractivity contribution >= 4 is 28.6 Å². The molecule has 1 aliphatic heterocycles. The Kier molecular flexibility index (Phi) is 6.80. The van der Waals surface area contributed by atoms with Crippen LogP contribution < -0.4 is 10.6 Å². The maximum atomic E-state index is 12.8. The Hall–Kier alpha value is -2.68. The van der Waals surface area contributed by atoms with E-state index in [1.54, 1.807) is 24.0 Å². The molecule has 0 spiro atoms. The molecule has 28 heavy (non-hydrogen) atoms. The van der Waals surface area contributed by atoms with Gasteiger partial charge in [-0.1, -0.05) is 0 Å². The van der Waals surface area contributed by atoms with Crippen molar-refractivity contribution in [3.63, 3.8) is 0 Å². The number of aromatic nitrogens is 3. The molecule has 3 heterocycles. The van der Waals surface area contributed by atoms with Crippen LogP contribution in [0.15, 0.2) is 12.4 Å². The van der Waals surface area contributed by atoms with Crippen LogP contribution in [0.25, 0.3) is 11.0 Å². The van der Waals surface area contributed by atoms with Gasteiger partial charge in [0.15, 0.2) is 5.65 Å². The molecule has 0 radical (unpaired) electrons. The van der Waals surface area contributed by atoms with Crippen molar-refractivity contribution in [2.45, 2.75) is 45.7 Å². The van der Waals surface area contributed by atoms with E-state index in [1.807, 2.05) is 6.92 Å². The van der Waals surface area contributed by atoms with Crippen molar-refractivity contribution in [3.8, 4) is 0 Å². The Morgan fingerprint density at radius 1 is 1.29 bits per heavy atom. The summed E-state index contributed by atoms with van der Waals surface area (Å²) in [4.78, 5) is 28.7. The molecule has 0 aromatic carbocycles. The van der Waals surface area contributed by atoms with Gasteiger partial charge in [-0.05, 0) is 26.7 Å². The Morgan fingerprint density at radius 3 is 2.79 bits per heavy atom. The third kappa shape index (κ3) is 4.59. The van der Waals surface area contributed by atoms with Crippen molar-refractivity contribution in [2.24, 2.45) is 0 Å². The molecule has 152 valence electrons. The summed E-state index contributed by atoms with van der Waals surface area (Å²) in [7, 11) is 0. The van der Waals surface area contributed by atoms with E-state index in [0.29, 0.717) is 31.9 Å². The smallest absolute Gasteiger partial charge is 0.307 e. The molecule has 0 saturated carbocycles. The predicted molar refractivity (Wildman–Crippen MR) is 104 cm³/mol. The molecule has 1 amide bonds. The summed E-state index contributed by atoms with van der Waals surface area (Å²) in [6, 6.07) is 0.218. The lowest BCUT2D eigenvalue weighted by Gasteiger charge is -2.25. The first-order valence-corrected chi connectivity index (χ1v) is 9.76. The van der Waals surface area contributed by atoms with Crippen LogP contribution in [0.2, 0.25) is 0 Å². The molecule has 2 N–H and O–H groups in total. The minimum Gasteiger partial charge on any atom is -0.466 e. The maximum absolute atomic E-state index is 12.8. The lowest BCUT2D eigenvalue weighted by Crippen LogP contribution is -2.31. The van der Waals surface area contributed by atoms with E-state index < -0.39 is 0 Å². The summed E-state index contributed by atoms with van der Waals surface area (Å²) < 4.78 is 12.1. The van der Waals surface area contributed by atoms with Crippen molar-refractivity contribution < 1.29 is 19.1 Å². The highest BCUT2D eigenvalue weighted by atomic mass is 16.5. The van der Waals surface area contributed by atoms with Gasteiger partial charge >= 0.3 is 5.97 Å². The summed E-state index contributed by atoms with van der Waals surface area (Å²) in [5, 5.41) is 11.5. The van der Waals surface area contributed by atoms with Gasteiger partial charge in [0.1, 0.15) is 0 Å². The standard InChI is InChI=1S/C19H27N5O4/c1-3-24-18-14(12-22-24)17(23-13-6-9-27-10-7-13)15(11-21-18)19(26)20-8-5-16(25)28-4-2/h11-13H,3-10H2,1-2H3,(H,20,26)(H,21,23). The van der Waals surface area contributed by atoms with Crippen LogP contribution >= 0.6 is 0 Å². The SMILES string of the molecule is CCOC(=O)CCNC(=O)c1cnc2c(cnn2CC)c1NC1CCOCC1. The first-order chi connectivity index (χ1) is 13.6.